The van der Waals surface area contributed by atoms with Crippen LogP contribution >= 0.6 is 0 Å². The molecule has 0 spiro atoms. The maximum Gasteiger partial charge on any atom is 0.302 e. The molecule has 0 aliphatic carbocycles. The van der Waals surface area contributed by atoms with E-state index >= 15 is 0 Å². The lowest BCUT2D eigenvalue weighted by Gasteiger charge is -2.33. The number of hydrogen-bond acceptors (Lipinski definition) is 4. The summed E-state index contributed by atoms with van der Waals surface area (Å²) in [6.45, 7) is 11.4. The minimum atomic E-state index is -0.531. The molecule has 3 aromatic carbocycles. The van der Waals surface area contributed by atoms with Crippen LogP contribution in [0.5, 0.6) is 11.6 Å². The van der Waals surface area contributed by atoms with Gasteiger partial charge in [-0.25, -0.2) is 0 Å². The van der Waals surface area contributed by atoms with E-state index in [0.717, 1.165) is 22.9 Å². The number of fused-ring (bicyclic) bond motifs is 1. The highest BCUT2D eigenvalue weighted by molar-refractivity contribution is 5.95. The number of rotatable bonds is 8. The van der Waals surface area contributed by atoms with E-state index in [1.54, 1.807) is 4.57 Å². The molecule has 1 heterocycles. The van der Waals surface area contributed by atoms with Gasteiger partial charge < -0.3 is 14.4 Å². The van der Waals surface area contributed by atoms with Crippen molar-refractivity contribution < 1.29 is 14.6 Å². The predicted octanol–water partition coefficient (Wildman–Crippen LogP) is 7.80. The molecule has 6 heteroatoms. The maximum atomic E-state index is 12.4. The molecule has 0 fully saturated rings. The molecular weight excluding hydrogens is 462 g/mol. The van der Waals surface area contributed by atoms with Crippen LogP contribution < -0.4 is 4.74 Å². The SMILES string of the molecule is CC(C)(C)CC(C)(C)c1ccc(OCC(=O)N=Nc2c(O)n(Cc3ccccc3)c3ccccc23)cc1. The first-order chi connectivity index (χ1) is 17.5. The number of azo groups is 1. The second kappa shape index (κ2) is 10.6. The van der Waals surface area contributed by atoms with Crippen molar-refractivity contribution in [3.63, 3.8) is 0 Å². The molecule has 0 atom stereocenters. The Balaban J connectivity index is 1.44. The predicted molar refractivity (Wildman–Crippen MR) is 148 cm³/mol. The molecule has 1 amide bonds. The van der Waals surface area contributed by atoms with Gasteiger partial charge >= 0.3 is 5.91 Å². The number of carbonyl (C=O) groups is 1. The minimum Gasteiger partial charge on any atom is -0.493 e. The molecule has 0 saturated carbocycles. The molecule has 1 aromatic heterocycles. The number of amides is 1. The molecule has 0 aliphatic heterocycles. The second-order valence-corrected chi connectivity index (χ2v) is 11.3. The molecule has 4 aromatic rings. The fourth-order valence-electron chi connectivity index (χ4n) is 5.01. The van der Waals surface area contributed by atoms with Gasteiger partial charge in [-0.2, -0.15) is 0 Å². The average Bonchev–Trinajstić information content (AvgIpc) is 3.11. The Labute approximate surface area is 218 Å². The summed E-state index contributed by atoms with van der Waals surface area (Å²) in [5, 5.41) is 19.6. The van der Waals surface area contributed by atoms with E-state index in [9.17, 15) is 9.90 Å². The standard InChI is InChI=1S/C31H35N3O3/c1-30(2,3)21-31(4,5)23-15-17-24(18-16-23)37-20-27(35)32-33-28-25-13-9-10-14-26(25)34(29(28)36)19-22-11-7-6-8-12-22/h6-18,36H,19-21H2,1-5H3. The first kappa shape index (κ1) is 26.1. The van der Waals surface area contributed by atoms with Crippen molar-refractivity contribution in [3.8, 4) is 11.6 Å². The second-order valence-electron chi connectivity index (χ2n) is 11.3. The van der Waals surface area contributed by atoms with Crippen LogP contribution in [-0.4, -0.2) is 22.2 Å². The molecule has 6 nitrogen and oxygen atoms in total. The smallest absolute Gasteiger partial charge is 0.302 e. The molecule has 0 radical (unpaired) electrons. The zero-order valence-corrected chi connectivity index (χ0v) is 22.2. The van der Waals surface area contributed by atoms with Crippen LogP contribution in [0.25, 0.3) is 10.9 Å². The summed E-state index contributed by atoms with van der Waals surface area (Å²) in [6.07, 6.45) is 1.05. The molecule has 0 unspecified atom stereocenters. The van der Waals surface area contributed by atoms with E-state index < -0.39 is 5.91 Å². The summed E-state index contributed by atoms with van der Waals surface area (Å²) in [6, 6.07) is 25.2. The van der Waals surface area contributed by atoms with E-state index in [4.69, 9.17) is 4.74 Å². The minimum absolute atomic E-state index is 0.0303. The molecule has 1 N–H and O–H groups in total. The number of nitrogens with zero attached hydrogens (tertiary/aromatic N) is 3. The van der Waals surface area contributed by atoms with Gasteiger partial charge in [0.05, 0.1) is 12.1 Å². The van der Waals surface area contributed by atoms with E-state index in [1.165, 1.54) is 5.56 Å². The first-order valence-electron chi connectivity index (χ1n) is 12.6. The van der Waals surface area contributed by atoms with Crippen LogP contribution in [0, 0.1) is 5.41 Å². The van der Waals surface area contributed by atoms with Gasteiger partial charge in [0.2, 0.25) is 5.88 Å². The Bertz CT molecular complexity index is 1400. The van der Waals surface area contributed by atoms with Crippen LogP contribution in [-0.2, 0) is 16.8 Å². The van der Waals surface area contributed by atoms with E-state index in [2.05, 4.69) is 44.8 Å². The van der Waals surface area contributed by atoms with Crippen molar-refractivity contribution in [1.82, 2.24) is 4.57 Å². The van der Waals surface area contributed by atoms with E-state index in [0.29, 0.717) is 12.3 Å². The van der Waals surface area contributed by atoms with E-state index in [-0.39, 0.29) is 29.0 Å². The number of ether oxygens (including phenoxy) is 1. The van der Waals surface area contributed by atoms with Crippen LogP contribution in [0.2, 0.25) is 0 Å². The zero-order valence-electron chi connectivity index (χ0n) is 22.2. The zero-order chi connectivity index (χ0) is 26.6. The largest absolute Gasteiger partial charge is 0.493 e. The van der Waals surface area contributed by atoms with Crippen molar-refractivity contribution in [2.45, 2.75) is 53.0 Å². The highest BCUT2D eigenvalue weighted by atomic mass is 16.5. The summed E-state index contributed by atoms with van der Waals surface area (Å²) in [5.74, 6) is 0.0357. The lowest BCUT2D eigenvalue weighted by Crippen LogP contribution is -2.24. The van der Waals surface area contributed by atoms with Gasteiger partial charge in [0, 0.05) is 5.39 Å². The maximum absolute atomic E-state index is 12.4. The quantitative estimate of drug-likeness (QED) is 0.252. The lowest BCUT2D eigenvalue weighted by molar-refractivity contribution is -0.120. The Morgan fingerprint density at radius 2 is 1.54 bits per heavy atom. The third kappa shape index (κ3) is 6.45. The van der Waals surface area contributed by atoms with Crippen molar-refractivity contribution in [1.29, 1.82) is 0 Å². The lowest BCUT2D eigenvalue weighted by atomic mass is 9.72. The highest BCUT2D eigenvalue weighted by Gasteiger charge is 2.27. The molecule has 0 bridgehead atoms. The van der Waals surface area contributed by atoms with Gasteiger partial charge in [-0.3, -0.25) is 4.79 Å². The molecule has 0 saturated heterocycles. The Morgan fingerprint density at radius 3 is 2.22 bits per heavy atom. The summed E-state index contributed by atoms with van der Waals surface area (Å²) in [5.41, 5.74) is 3.60. The number of hydrogen-bond donors (Lipinski definition) is 1. The van der Waals surface area contributed by atoms with Gasteiger partial charge in [0.1, 0.15) is 5.75 Å². The van der Waals surface area contributed by atoms with Crippen LogP contribution in [0.15, 0.2) is 89.1 Å². The first-order valence-corrected chi connectivity index (χ1v) is 12.6. The topological polar surface area (TPSA) is 76.2 Å². The third-order valence-corrected chi connectivity index (χ3v) is 6.33. The van der Waals surface area contributed by atoms with Gasteiger partial charge in [0.15, 0.2) is 12.3 Å². The van der Waals surface area contributed by atoms with Crippen molar-refractivity contribution >= 4 is 22.5 Å². The Kier molecular flexibility index (Phi) is 7.48. The van der Waals surface area contributed by atoms with Crippen molar-refractivity contribution in [3.05, 3.63) is 90.0 Å². The third-order valence-electron chi connectivity index (χ3n) is 6.33. The number of carbonyl (C=O) groups excluding carboxylic acids is 1. The fraction of sp³-hybridized carbons (Fsp3) is 0.323. The van der Waals surface area contributed by atoms with E-state index in [1.807, 2.05) is 78.9 Å². The van der Waals surface area contributed by atoms with Crippen molar-refractivity contribution in [2.75, 3.05) is 6.61 Å². The van der Waals surface area contributed by atoms with Crippen LogP contribution in [0.1, 0.15) is 52.2 Å². The number of benzene rings is 3. The van der Waals surface area contributed by atoms with Gasteiger partial charge in [-0.05, 0) is 46.6 Å². The molecular formula is C31H35N3O3. The monoisotopic (exact) mass is 497 g/mol. The fourth-order valence-corrected chi connectivity index (χ4v) is 5.01. The van der Waals surface area contributed by atoms with Gasteiger partial charge in [-0.1, -0.05) is 95.3 Å². The molecule has 37 heavy (non-hydrogen) atoms. The highest BCUT2D eigenvalue weighted by Crippen LogP contribution is 2.39. The normalized spacial score (nSPS) is 12.4. The van der Waals surface area contributed by atoms with Crippen LogP contribution in [0.4, 0.5) is 5.69 Å². The number of aromatic nitrogens is 1. The van der Waals surface area contributed by atoms with Gasteiger partial charge in [-0.15, -0.1) is 10.2 Å². The Hall–Kier alpha value is -3.93. The molecule has 192 valence electrons. The average molecular weight is 498 g/mol. The summed E-state index contributed by atoms with van der Waals surface area (Å²) >= 11 is 0. The number of para-hydroxylation sites is 1. The summed E-state index contributed by atoms with van der Waals surface area (Å²) in [4.78, 5) is 12.4. The summed E-state index contributed by atoms with van der Waals surface area (Å²) < 4.78 is 7.42. The van der Waals surface area contributed by atoms with Crippen LogP contribution in [0.3, 0.4) is 0 Å². The van der Waals surface area contributed by atoms with Gasteiger partial charge in [0.25, 0.3) is 0 Å². The number of aromatic hydroxyl groups is 1. The Morgan fingerprint density at radius 1 is 0.892 bits per heavy atom. The molecule has 0 aliphatic rings. The summed E-state index contributed by atoms with van der Waals surface area (Å²) in [7, 11) is 0. The van der Waals surface area contributed by atoms with Crippen molar-refractivity contribution in [2.24, 2.45) is 15.6 Å². The molecule has 4 rings (SSSR count).